The van der Waals surface area contributed by atoms with Crippen molar-refractivity contribution in [1.82, 2.24) is 10.2 Å². The molecule has 0 aromatic carbocycles. The predicted molar refractivity (Wildman–Crippen MR) is 44.6 cm³/mol. The number of hydrogen-bond donors (Lipinski definition) is 2. The number of thioether (sulfide) groups is 1. The Bertz CT molecular complexity index is 228. The summed E-state index contributed by atoms with van der Waals surface area (Å²) in [6.45, 7) is 0.457. The number of rotatable bonds is 5. The summed E-state index contributed by atoms with van der Waals surface area (Å²) in [7, 11) is 0. The van der Waals surface area contributed by atoms with E-state index in [0.717, 1.165) is 12.2 Å². The van der Waals surface area contributed by atoms with Crippen LogP contribution in [0.3, 0.4) is 0 Å². The quantitative estimate of drug-likeness (QED) is 0.501. The van der Waals surface area contributed by atoms with Gasteiger partial charge >= 0.3 is 0 Å². The summed E-state index contributed by atoms with van der Waals surface area (Å²) >= 11 is 1.43. The number of nitrogens with two attached hydrogens (primary N) is 1. The van der Waals surface area contributed by atoms with Gasteiger partial charge in [0.25, 0.3) is 5.22 Å². The molecule has 3 N–H and O–H groups in total. The first kappa shape index (κ1) is 9.50. The zero-order valence-electron chi connectivity index (χ0n) is 6.56. The average molecular weight is 189 g/mol. The van der Waals surface area contributed by atoms with E-state index >= 15 is 0 Å². The Morgan fingerprint density at radius 1 is 1.50 bits per heavy atom. The van der Waals surface area contributed by atoms with Gasteiger partial charge in [-0.1, -0.05) is 11.8 Å². The Balaban J connectivity index is 2.31. The fraction of sp³-hybridized carbons (Fsp3) is 0.667. The maximum Gasteiger partial charge on any atom is 0.276 e. The monoisotopic (exact) mass is 189 g/mol. The molecule has 0 spiro atoms. The molecule has 68 valence electrons. The maximum atomic E-state index is 8.50. The minimum absolute atomic E-state index is 0.185. The molecule has 0 aliphatic carbocycles. The SMILES string of the molecule is NCc1nnc(SCCCO)o1. The second-order valence-electron chi connectivity index (χ2n) is 2.09. The van der Waals surface area contributed by atoms with E-state index < -0.39 is 0 Å². The fourth-order valence-corrected chi connectivity index (χ4v) is 1.30. The lowest BCUT2D eigenvalue weighted by Gasteiger charge is -1.91. The van der Waals surface area contributed by atoms with Gasteiger partial charge in [-0.3, -0.25) is 0 Å². The van der Waals surface area contributed by atoms with Crippen LogP contribution in [0.1, 0.15) is 12.3 Å². The summed E-state index contributed by atoms with van der Waals surface area (Å²) in [5.74, 6) is 1.23. The molecular formula is C6H11N3O2S. The largest absolute Gasteiger partial charge is 0.415 e. The molecular weight excluding hydrogens is 178 g/mol. The summed E-state index contributed by atoms with van der Waals surface area (Å²) in [5, 5.41) is 16.4. The Labute approximate surface area is 74.4 Å². The normalized spacial score (nSPS) is 10.5. The molecule has 5 nitrogen and oxygen atoms in total. The van der Waals surface area contributed by atoms with Gasteiger partial charge in [0.1, 0.15) is 0 Å². The first-order valence-electron chi connectivity index (χ1n) is 3.63. The summed E-state index contributed by atoms with van der Waals surface area (Å²) in [4.78, 5) is 0. The van der Waals surface area contributed by atoms with E-state index in [4.69, 9.17) is 15.3 Å². The van der Waals surface area contributed by atoms with Gasteiger partial charge < -0.3 is 15.3 Å². The van der Waals surface area contributed by atoms with Crippen LogP contribution in [0.15, 0.2) is 9.64 Å². The molecule has 12 heavy (non-hydrogen) atoms. The van der Waals surface area contributed by atoms with Gasteiger partial charge in [0.2, 0.25) is 5.89 Å². The Kier molecular flexibility index (Phi) is 4.06. The van der Waals surface area contributed by atoms with Gasteiger partial charge in [-0.25, -0.2) is 0 Å². The van der Waals surface area contributed by atoms with Crippen molar-refractivity contribution in [3.63, 3.8) is 0 Å². The van der Waals surface area contributed by atoms with Crippen LogP contribution in [0.2, 0.25) is 0 Å². The highest BCUT2D eigenvalue weighted by Gasteiger charge is 2.03. The summed E-state index contributed by atoms with van der Waals surface area (Å²) in [6.07, 6.45) is 0.727. The van der Waals surface area contributed by atoms with Gasteiger partial charge in [0.15, 0.2) is 0 Å². The number of hydrogen-bond acceptors (Lipinski definition) is 6. The molecule has 1 aromatic rings. The molecule has 1 aromatic heterocycles. The van der Waals surface area contributed by atoms with Crippen LogP contribution in [0.25, 0.3) is 0 Å². The van der Waals surface area contributed by atoms with E-state index in [9.17, 15) is 0 Å². The maximum absolute atomic E-state index is 8.50. The number of aliphatic hydroxyl groups is 1. The van der Waals surface area contributed by atoms with Crippen molar-refractivity contribution >= 4 is 11.8 Å². The standard InChI is InChI=1S/C6H11N3O2S/c7-4-5-8-9-6(11-5)12-3-1-2-10/h10H,1-4,7H2. The van der Waals surface area contributed by atoms with Crippen LogP contribution in [-0.4, -0.2) is 27.7 Å². The molecule has 0 atom stereocenters. The average Bonchev–Trinajstić information content (AvgIpc) is 2.53. The molecule has 0 radical (unpaired) electrons. The number of nitrogens with zero attached hydrogens (tertiary/aromatic N) is 2. The van der Waals surface area contributed by atoms with Crippen LogP contribution in [-0.2, 0) is 6.54 Å². The fourth-order valence-electron chi connectivity index (χ4n) is 0.603. The molecule has 6 heteroatoms. The van der Waals surface area contributed by atoms with E-state index in [1.807, 2.05) is 0 Å². The third-order valence-corrected chi connectivity index (χ3v) is 2.06. The van der Waals surface area contributed by atoms with Crippen LogP contribution in [0, 0.1) is 0 Å². The smallest absolute Gasteiger partial charge is 0.276 e. The molecule has 1 heterocycles. The van der Waals surface area contributed by atoms with Crippen LogP contribution < -0.4 is 5.73 Å². The number of aromatic nitrogens is 2. The van der Waals surface area contributed by atoms with Crippen molar-refractivity contribution in [2.24, 2.45) is 5.73 Å². The van der Waals surface area contributed by atoms with E-state index in [1.165, 1.54) is 11.8 Å². The van der Waals surface area contributed by atoms with E-state index in [-0.39, 0.29) is 13.2 Å². The van der Waals surface area contributed by atoms with E-state index in [0.29, 0.717) is 11.1 Å². The lowest BCUT2D eigenvalue weighted by Crippen LogP contribution is -1.95. The van der Waals surface area contributed by atoms with Gasteiger partial charge in [-0.15, -0.1) is 10.2 Å². The lowest BCUT2D eigenvalue weighted by atomic mass is 10.5. The second-order valence-corrected chi connectivity index (χ2v) is 3.14. The highest BCUT2D eigenvalue weighted by atomic mass is 32.2. The molecule has 0 fully saturated rings. The highest BCUT2D eigenvalue weighted by molar-refractivity contribution is 7.99. The molecule has 0 saturated heterocycles. The molecule has 1 rings (SSSR count). The first-order valence-corrected chi connectivity index (χ1v) is 4.61. The highest BCUT2D eigenvalue weighted by Crippen LogP contribution is 2.16. The molecule has 0 bridgehead atoms. The van der Waals surface area contributed by atoms with E-state index in [1.54, 1.807) is 0 Å². The van der Waals surface area contributed by atoms with Crippen LogP contribution in [0.5, 0.6) is 0 Å². The third kappa shape index (κ3) is 2.80. The Morgan fingerprint density at radius 3 is 2.92 bits per heavy atom. The van der Waals surface area contributed by atoms with Gasteiger partial charge in [0, 0.05) is 12.4 Å². The van der Waals surface area contributed by atoms with Crippen LogP contribution >= 0.6 is 11.8 Å². The Hall–Kier alpha value is -0.590. The minimum atomic E-state index is 0.185. The van der Waals surface area contributed by atoms with Gasteiger partial charge in [0.05, 0.1) is 6.54 Å². The molecule has 0 unspecified atom stereocenters. The van der Waals surface area contributed by atoms with Crippen molar-refractivity contribution in [3.8, 4) is 0 Å². The predicted octanol–water partition coefficient (Wildman–Crippen LogP) is 0.00280. The molecule has 0 aliphatic heterocycles. The minimum Gasteiger partial charge on any atom is -0.415 e. The van der Waals surface area contributed by atoms with Crippen molar-refractivity contribution < 1.29 is 9.52 Å². The Morgan fingerprint density at radius 2 is 2.33 bits per heavy atom. The van der Waals surface area contributed by atoms with E-state index in [2.05, 4.69) is 10.2 Å². The van der Waals surface area contributed by atoms with Crippen molar-refractivity contribution in [1.29, 1.82) is 0 Å². The summed E-state index contributed by atoms with van der Waals surface area (Å²) in [5.41, 5.74) is 5.27. The molecule has 0 saturated carbocycles. The molecule has 0 amide bonds. The van der Waals surface area contributed by atoms with Crippen molar-refractivity contribution in [2.75, 3.05) is 12.4 Å². The zero-order valence-corrected chi connectivity index (χ0v) is 7.38. The van der Waals surface area contributed by atoms with Gasteiger partial charge in [-0.2, -0.15) is 0 Å². The first-order chi connectivity index (χ1) is 5.86. The number of aliphatic hydroxyl groups excluding tert-OH is 1. The summed E-state index contributed by atoms with van der Waals surface area (Å²) < 4.78 is 5.11. The summed E-state index contributed by atoms with van der Waals surface area (Å²) in [6, 6.07) is 0. The zero-order chi connectivity index (χ0) is 8.81. The lowest BCUT2D eigenvalue weighted by molar-refractivity contribution is 0.296. The van der Waals surface area contributed by atoms with Crippen LogP contribution in [0.4, 0.5) is 0 Å². The van der Waals surface area contributed by atoms with Crippen molar-refractivity contribution in [3.05, 3.63) is 5.89 Å². The van der Waals surface area contributed by atoms with Gasteiger partial charge in [-0.05, 0) is 6.42 Å². The second kappa shape index (κ2) is 5.13. The van der Waals surface area contributed by atoms with Crippen molar-refractivity contribution in [2.45, 2.75) is 18.2 Å². The third-order valence-electron chi connectivity index (χ3n) is 1.15. The topological polar surface area (TPSA) is 85.2 Å². The molecule has 0 aliphatic rings.